The molecular formula is C20H19NO4. The third-order valence-electron chi connectivity index (χ3n) is 4.08. The summed E-state index contributed by atoms with van der Waals surface area (Å²) in [6, 6.07) is 14.0. The predicted molar refractivity (Wildman–Crippen MR) is 95.6 cm³/mol. The van der Waals surface area contributed by atoms with Crippen LogP contribution < -0.4 is 4.74 Å². The number of hydrogen-bond acceptors (Lipinski definition) is 3. The van der Waals surface area contributed by atoms with Crippen LogP contribution >= 0.6 is 0 Å². The predicted octanol–water partition coefficient (Wildman–Crippen LogP) is 4.13. The summed E-state index contributed by atoms with van der Waals surface area (Å²) in [5.41, 5.74) is 1.61. The zero-order valence-corrected chi connectivity index (χ0v) is 14.2. The van der Waals surface area contributed by atoms with E-state index in [0.29, 0.717) is 34.5 Å². The van der Waals surface area contributed by atoms with E-state index in [0.717, 1.165) is 6.42 Å². The number of carbonyl (C=O) groups excluding carboxylic acids is 1. The summed E-state index contributed by atoms with van der Waals surface area (Å²) < 4.78 is 7.04. The molecular weight excluding hydrogens is 318 g/mol. The number of rotatable bonds is 5. The Bertz CT molecular complexity index is 955. The number of carbonyl (C=O) groups is 2. The zero-order valence-electron chi connectivity index (χ0n) is 14.2. The molecule has 0 unspecified atom stereocenters. The highest BCUT2D eigenvalue weighted by Crippen LogP contribution is 2.27. The average molecular weight is 337 g/mol. The molecule has 0 amide bonds. The van der Waals surface area contributed by atoms with Gasteiger partial charge in [0.25, 0.3) is 5.91 Å². The van der Waals surface area contributed by atoms with Crippen molar-refractivity contribution >= 4 is 22.8 Å². The summed E-state index contributed by atoms with van der Waals surface area (Å²) in [6.45, 7) is 4.24. The van der Waals surface area contributed by atoms with Gasteiger partial charge in [0.1, 0.15) is 5.75 Å². The Morgan fingerprint density at radius 1 is 1.12 bits per heavy atom. The van der Waals surface area contributed by atoms with Gasteiger partial charge in [-0.05, 0) is 37.6 Å². The Morgan fingerprint density at radius 2 is 1.88 bits per heavy atom. The molecule has 1 aromatic heterocycles. The van der Waals surface area contributed by atoms with Gasteiger partial charge in [0.15, 0.2) is 0 Å². The van der Waals surface area contributed by atoms with Gasteiger partial charge in [-0.25, -0.2) is 4.79 Å². The molecule has 0 bridgehead atoms. The van der Waals surface area contributed by atoms with Crippen LogP contribution in [-0.2, 0) is 0 Å². The van der Waals surface area contributed by atoms with E-state index in [1.165, 1.54) is 4.57 Å². The van der Waals surface area contributed by atoms with Crippen LogP contribution in [0.15, 0.2) is 48.5 Å². The number of hydrogen-bond donors (Lipinski definition) is 1. The molecule has 0 spiro atoms. The van der Waals surface area contributed by atoms with Gasteiger partial charge in [0.2, 0.25) is 0 Å². The summed E-state index contributed by atoms with van der Waals surface area (Å²) in [5, 5.41) is 10.1. The van der Waals surface area contributed by atoms with E-state index in [2.05, 4.69) is 0 Å². The Hall–Kier alpha value is -3.08. The number of para-hydroxylation sites is 1. The maximum absolute atomic E-state index is 13.1. The van der Waals surface area contributed by atoms with Gasteiger partial charge < -0.3 is 9.84 Å². The highest BCUT2D eigenvalue weighted by atomic mass is 16.5. The van der Waals surface area contributed by atoms with Crippen molar-refractivity contribution in [2.45, 2.75) is 20.3 Å². The van der Waals surface area contributed by atoms with Crippen LogP contribution in [0.25, 0.3) is 10.9 Å². The van der Waals surface area contributed by atoms with E-state index in [1.807, 2.05) is 6.92 Å². The third kappa shape index (κ3) is 3.01. The molecule has 0 atom stereocenters. The van der Waals surface area contributed by atoms with E-state index < -0.39 is 5.97 Å². The Balaban J connectivity index is 2.12. The van der Waals surface area contributed by atoms with E-state index in [4.69, 9.17) is 4.74 Å². The van der Waals surface area contributed by atoms with Crippen LogP contribution in [-0.4, -0.2) is 28.2 Å². The Morgan fingerprint density at radius 3 is 2.60 bits per heavy atom. The smallest absolute Gasteiger partial charge is 0.338 e. The first kappa shape index (κ1) is 16.8. The fraction of sp³-hybridized carbons (Fsp3) is 0.200. The first-order chi connectivity index (χ1) is 12.0. The SMILES string of the molecule is CCCOc1cccc(C(=O)n2c(C)c(C(=O)O)c3ccccc32)c1. The third-order valence-corrected chi connectivity index (χ3v) is 4.08. The van der Waals surface area contributed by atoms with Crippen molar-refractivity contribution in [3.05, 3.63) is 65.4 Å². The summed E-state index contributed by atoms with van der Waals surface area (Å²) in [4.78, 5) is 24.7. The lowest BCUT2D eigenvalue weighted by molar-refractivity contribution is 0.0698. The molecule has 0 aliphatic heterocycles. The number of fused-ring (bicyclic) bond motifs is 1. The molecule has 1 N–H and O–H groups in total. The van der Waals surface area contributed by atoms with Gasteiger partial charge >= 0.3 is 5.97 Å². The van der Waals surface area contributed by atoms with Gasteiger partial charge in [-0.1, -0.05) is 31.2 Å². The highest BCUT2D eigenvalue weighted by Gasteiger charge is 2.23. The largest absolute Gasteiger partial charge is 0.494 e. The van der Waals surface area contributed by atoms with Crippen LogP contribution in [0.5, 0.6) is 5.75 Å². The Labute approximate surface area is 145 Å². The van der Waals surface area contributed by atoms with E-state index in [1.54, 1.807) is 55.5 Å². The van der Waals surface area contributed by atoms with Crippen molar-refractivity contribution in [2.75, 3.05) is 6.61 Å². The Kier molecular flexibility index (Phi) is 4.57. The minimum atomic E-state index is -1.04. The molecule has 128 valence electrons. The summed E-state index contributed by atoms with van der Waals surface area (Å²) in [6.07, 6.45) is 0.876. The molecule has 0 fully saturated rings. The molecule has 25 heavy (non-hydrogen) atoms. The van der Waals surface area contributed by atoms with Crippen molar-refractivity contribution in [1.82, 2.24) is 4.57 Å². The molecule has 1 heterocycles. The fourth-order valence-electron chi connectivity index (χ4n) is 2.97. The molecule has 3 rings (SSSR count). The van der Waals surface area contributed by atoms with Crippen LogP contribution in [0.3, 0.4) is 0 Å². The molecule has 5 nitrogen and oxygen atoms in total. The van der Waals surface area contributed by atoms with Crippen LogP contribution in [0.1, 0.15) is 39.8 Å². The number of ether oxygens (including phenoxy) is 1. The minimum absolute atomic E-state index is 0.155. The van der Waals surface area contributed by atoms with Crippen molar-refractivity contribution in [2.24, 2.45) is 0 Å². The number of aromatic nitrogens is 1. The number of aromatic carboxylic acids is 1. The molecule has 0 saturated heterocycles. The van der Waals surface area contributed by atoms with Crippen molar-refractivity contribution in [3.63, 3.8) is 0 Å². The summed E-state index contributed by atoms with van der Waals surface area (Å²) in [7, 11) is 0. The lowest BCUT2D eigenvalue weighted by atomic mass is 10.1. The first-order valence-corrected chi connectivity index (χ1v) is 8.15. The summed E-state index contributed by atoms with van der Waals surface area (Å²) >= 11 is 0. The fourth-order valence-corrected chi connectivity index (χ4v) is 2.97. The van der Waals surface area contributed by atoms with E-state index in [-0.39, 0.29) is 11.5 Å². The molecule has 0 aliphatic carbocycles. The minimum Gasteiger partial charge on any atom is -0.494 e. The number of benzene rings is 2. The number of carboxylic acid groups (broad SMARTS) is 1. The van der Waals surface area contributed by atoms with Gasteiger partial charge in [-0.3, -0.25) is 9.36 Å². The van der Waals surface area contributed by atoms with Crippen LogP contribution in [0, 0.1) is 6.92 Å². The maximum Gasteiger partial charge on any atom is 0.338 e. The van der Waals surface area contributed by atoms with Crippen molar-refractivity contribution in [1.29, 1.82) is 0 Å². The van der Waals surface area contributed by atoms with E-state index in [9.17, 15) is 14.7 Å². The zero-order chi connectivity index (χ0) is 18.0. The second-order valence-electron chi connectivity index (χ2n) is 5.80. The van der Waals surface area contributed by atoms with Gasteiger partial charge in [0.05, 0.1) is 17.7 Å². The molecule has 0 aliphatic rings. The van der Waals surface area contributed by atoms with Crippen molar-refractivity contribution < 1.29 is 19.4 Å². The maximum atomic E-state index is 13.1. The van der Waals surface area contributed by atoms with Crippen LogP contribution in [0.4, 0.5) is 0 Å². The number of nitrogens with zero attached hydrogens (tertiary/aromatic N) is 1. The van der Waals surface area contributed by atoms with Crippen LogP contribution in [0.2, 0.25) is 0 Å². The molecule has 5 heteroatoms. The van der Waals surface area contributed by atoms with Crippen molar-refractivity contribution in [3.8, 4) is 5.75 Å². The average Bonchev–Trinajstić information content (AvgIpc) is 2.91. The second kappa shape index (κ2) is 6.81. The highest BCUT2D eigenvalue weighted by molar-refractivity contribution is 6.11. The first-order valence-electron chi connectivity index (χ1n) is 8.15. The molecule has 0 radical (unpaired) electrons. The monoisotopic (exact) mass is 337 g/mol. The molecule has 2 aromatic carbocycles. The standard InChI is InChI=1S/C20H19NO4/c1-3-11-25-15-8-6-7-14(12-15)19(22)21-13(2)18(20(23)24)16-9-4-5-10-17(16)21/h4-10,12H,3,11H2,1-2H3,(H,23,24). The second-order valence-corrected chi connectivity index (χ2v) is 5.80. The normalized spacial score (nSPS) is 10.8. The quantitative estimate of drug-likeness (QED) is 0.760. The molecule has 0 saturated carbocycles. The van der Waals surface area contributed by atoms with Gasteiger partial charge in [0, 0.05) is 16.6 Å². The summed E-state index contributed by atoms with van der Waals surface area (Å²) in [5.74, 6) is -0.691. The van der Waals surface area contributed by atoms with Gasteiger partial charge in [-0.15, -0.1) is 0 Å². The number of carboxylic acids is 1. The lowest BCUT2D eigenvalue weighted by Gasteiger charge is -2.09. The molecule has 3 aromatic rings. The van der Waals surface area contributed by atoms with E-state index >= 15 is 0 Å². The lowest BCUT2D eigenvalue weighted by Crippen LogP contribution is -2.14. The van der Waals surface area contributed by atoms with Gasteiger partial charge in [-0.2, -0.15) is 0 Å². The topological polar surface area (TPSA) is 68.5 Å².